The van der Waals surface area contributed by atoms with E-state index < -0.39 is 9.84 Å². The average molecular weight is 251 g/mol. The first-order valence-corrected chi connectivity index (χ1v) is 7.20. The lowest BCUT2D eigenvalue weighted by atomic mass is 10.3. The first-order chi connectivity index (χ1) is 7.99. The van der Waals surface area contributed by atoms with E-state index in [1.165, 1.54) is 0 Å². The zero-order valence-electron chi connectivity index (χ0n) is 10.1. The van der Waals surface area contributed by atoms with Gasteiger partial charge in [0, 0.05) is 5.69 Å². The number of sulfone groups is 1. The molecular formula is C13H17NO2S. The fourth-order valence-electron chi connectivity index (χ4n) is 1.44. The Bertz CT molecular complexity index is 497. The third-order valence-corrected chi connectivity index (χ3v) is 4.26. The van der Waals surface area contributed by atoms with Crippen molar-refractivity contribution in [3.63, 3.8) is 0 Å². The SMILES string of the molecule is C#CC(C)Nc1ccc(S(=O)(=O)CCC)cc1. The summed E-state index contributed by atoms with van der Waals surface area (Å²) in [6.45, 7) is 3.71. The lowest BCUT2D eigenvalue weighted by molar-refractivity contribution is 0.595. The van der Waals surface area contributed by atoms with Crippen LogP contribution in [0.5, 0.6) is 0 Å². The zero-order valence-corrected chi connectivity index (χ0v) is 10.9. The molecule has 1 atom stereocenters. The normalized spacial score (nSPS) is 12.8. The number of anilines is 1. The molecule has 0 saturated heterocycles. The van der Waals surface area contributed by atoms with Gasteiger partial charge in [-0.2, -0.15) is 0 Å². The fraction of sp³-hybridized carbons (Fsp3) is 0.385. The molecule has 1 N–H and O–H groups in total. The smallest absolute Gasteiger partial charge is 0.178 e. The molecule has 0 aromatic heterocycles. The predicted octanol–water partition coefficient (Wildman–Crippen LogP) is 2.30. The molecule has 4 heteroatoms. The second-order valence-corrected chi connectivity index (χ2v) is 5.99. The quantitative estimate of drug-likeness (QED) is 0.817. The van der Waals surface area contributed by atoms with Gasteiger partial charge in [0.2, 0.25) is 0 Å². The van der Waals surface area contributed by atoms with Crippen LogP contribution in [0, 0.1) is 12.3 Å². The topological polar surface area (TPSA) is 46.2 Å². The molecular weight excluding hydrogens is 234 g/mol. The summed E-state index contributed by atoms with van der Waals surface area (Å²) in [5, 5.41) is 3.07. The Morgan fingerprint density at radius 3 is 2.41 bits per heavy atom. The molecule has 0 heterocycles. The second kappa shape index (κ2) is 5.74. The second-order valence-electron chi connectivity index (χ2n) is 3.88. The van der Waals surface area contributed by atoms with Crippen molar-refractivity contribution >= 4 is 15.5 Å². The highest BCUT2D eigenvalue weighted by molar-refractivity contribution is 7.91. The minimum absolute atomic E-state index is 0.0758. The van der Waals surface area contributed by atoms with E-state index in [-0.39, 0.29) is 11.8 Å². The van der Waals surface area contributed by atoms with Crippen molar-refractivity contribution in [3.8, 4) is 12.3 Å². The number of hydrogen-bond donors (Lipinski definition) is 1. The Hall–Kier alpha value is -1.47. The fourth-order valence-corrected chi connectivity index (χ4v) is 2.76. The van der Waals surface area contributed by atoms with Crippen LogP contribution in [-0.2, 0) is 9.84 Å². The van der Waals surface area contributed by atoms with Crippen LogP contribution < -0.4 is 5.32 Å². The molecule has 0 fully saturated rings. The van der Waals surface area contributed by atoms with Crippen molar-refractivity contribution in [2.45, 2.75) is 31.2 Å². The van der Waals surface area contributed by atoms with Gasteiger partial charge < -0.3 is 5.32 Å². The van der Waals surface area contributed by atoms with Gasteiger partial charge in [0.25, 0.3) is 0 Å². The highest BCUT2D eigenvalue weighted by atomic mass is 32.2. The molecule has 1 unspecified atom stereocenters. The summed E-state index contributed by atoms with van der Waals surface area (Å²) in [6, 6.07) is 6.60. The molecule has 0 saturated carbocycles. The Morgan fingerprint density at radius 1 is 1.35 bits per heavy atom. The van der Waals surface area contributed by atoms with Gasteiger partial charge in [0.15, 0.2) is 9.84 Å². The summed E-state index contributed by atoms with van der Waals surface area (Å²) in [5.74, 6) is 2.73. The Balaban J connectivity index is 2.86. The van der Waals surface area contributed by atoms with Crippen LogP contribution >= 0.6 is 0 Å². The molecule has 0 aliphatic heterocycles. The van der Waals surface area contributed by atoms with Gasteiger partial charge in [-0.05, 0) is 37.6 Å². The molecule has 0 bridgehead atoms. The van der Waals surface area contributed by atoms with E-state index in [1.54, 1.807) is 24.3 Å². The number of terminal acetylenes is 1. The van der Waals surface area contributed by atoms with Gasteiger partial charge in [0.1, 0.15) is 0 Å². The van der Waals surface area contributed by atoms with Crippen LogP contribution in [0.25, 0.3) is 0 Å². The molecule has 0 spiro atoms. The van der Waals surface area contributed by atoms with Crippen LogP contribution in [0.15, 0.2) is 29.2 Å². The summed E-state index contributed by atoms with van der Waals surface area (Å²) in [5.41, 5.74) is 0.825. The highest BCUT2D eigenvalue weighted by Gasteiger charge is 2.12. The molecule has 0 radical (unpaired) electrons. The monoisotopic (exact) mass is 251 g/mol. The van der Waals surface area contributed by atoms with E-state index in [4.69, 9.17) is 6.42 Å². The Labute approximate surface area is 103 Å². The highest BCUT2D eigenvalue weighted by Crippen LogP contribution is 2.16. The lowest BCUT2D eigenvalue weighted by Crippen LogP contribution is -2.12. The van der Waals surface area contributed by atoms with Crippen molar-refractivity contribution in [2.75, 3.05) is 11.1 Å². The van der Waals surface area contributed by atoms with Gasteiger partial charge in [-0.1, -0.05) is 12.8 Å². The molecule has 17 heavy (non-hydrogen) atoms. The van der Waals surface area contributed by atoms with Gasteiger partial charge in [-0.25, -0.2) is 8.42 Å². The molecule has 0 aliphatic carbocycles. The molecule has 1 aromatic rings. The van der Waals surface area contributed by atoms with E-state index in [0.29, 0.717) is 11.3 Å². The van der Waals surface area contributed by atoms with Crippen molar-refractivity contribution in [2.24, 2.45) is 0 Å². The van der Waals surface area contributed by atoms with Gasteiger partial charge in [0.05, 0.1) is 16.7 Å². The van der Waals surface area contributed by atoms with Crippen molar-refractivity contribution in [1.29, 1.82) is 0 Å². The molecule has 1 aromatic carbocycles. The standard InChI is InChI=1S/C13H17NO2S/c1-4-10-17(15,16)13-8-6-12(7-9-13)14-11(3)5-2/h2,6-9,11,14H,4,10H2,1,3H3. The van der Waals surface area contributed by atoms with E-state index in [9.17, 15) is 8.42 Å². The Morgan fingerprint density at radius 2 is 1.94 bits per heavy atom. The van der Waals surface area contributed by atoms with E-state index >= 15 is 0 Å². The van der Waals surface area contributed by atoms with Crippen molar-refractivity contribution < 1.29 is 8.42 Å². The number of hydrogen-bond acceptors (Lipinski definition) is 3. The molecule has 1 rings (SSSR count). The maximum atomic E-state index is 11.8. The lowest BCUT2D eigenvalue weighted by Gasteiger charge is -2.10. The average Bonchev–Trinajstić information content (AvgIpc) is 2.29. The maximum absolute atomic E-state index is 11.8. The van der Waals surface area contributed by atoms with E-state index in [0.717, 1.165) is 5.69 Å². The maximum Gasteiger partial charge on any atom is 0.178 e. The summed E-state index contributed by atoms with van der Waals surface area (Å²) in [4.78, 5) is 0.360. The summed E-state index contributed by atoms with van der Waals surface area (Å²) in [6.07, 6.45) is 5.87. The van der Waals surface area contributed by atoms with Crippen LogP contribution in [0.3, 0.4) is 0 Å². The molecule has 0 amide bonds. The Kier molecular flexibility index (Phi) is 4.59. The van der Waals surface area contributed by atoms with Gasteiger partial charge in [-0.3, -0.25) is 0 Å². The molecule has 0 aliphatic rings. The van der Waals surface area contributed by atoms with Crippen molar-refractivity contribution in [3.05, 3.63) is 24.3 Å². The van der Waals surface area contributed by atoms with E-state index in [1.807, 2.05) is 13.8 Å². The first kappa shape index (κ1) is 13.6. The third kappa shape index (κ3) is 3.79. The van der Waals surface area contributed by atoms with E-state index in [2.05, 4.69) is 11.2 Å². The zero-order chi connectivity index (χ0) is 12.9. The van der Waals surface area contributed by atoms with Crippen LogP contribution in [0.4, 0.5) is 5.69 Å². The first-order valence-electron chi connectivity index (χ1n) is 5.55. The third-order valence-electron chi connectivity index (χ3n) is 2.32. The van der Waals surface area contributed by atoms with Crippen LogP contribution in [0.2, 0.25) is 0 Å². The van der Waals surface area contributed by atoms with Crippen LogP contribution in [0.1, 0.15) is 20.3 Å². The number of nitrogens with one attached hydrogen (secondary N) is 1. The summed E-state index contributed by atoms with van der Waals surface area (Å²) < 4.78 is 23.5. The number of benzene rings is 1. The van der Waals surface area contributed by atoms with Crippen LogP contribution in [-0.4, -0.2) is 20.2 Å². The van der Waals surface area contributed by atoms with Gasteiger partial charge in [-0.15, -0.1) is 6.42 Å². The predicted molar refractivity (Wildman–Crippen MR) is 70.7 cm³/mol. The van der Waals surface area contributed by atoms with Gasteiger partial charge >= 0.3 is 0 Å². The summed E-state index contributed by atoms with van der Waals surface area (Å²) in [7, 11) is -3.13. The number of rotatable bonds is 5. The largest absolute Gasteiger partial charge is 0.372 e. The minimum Gasteiger partial charge on any atom is -0.372 e. The molecule has 92 valence electrons. The molecule has 3 nitrogen and oxygen atoms in total. The minimum atomic E-state index is -3.13. The summed E-state index contributed by atoms with van der Waals surface area (Å²) >= 11 is 0. The van der Waals surface area contributed by atoms with Crippen molar-refractivity contribution in [1.82, 2.24) is 0 Å².